The van der Waals surface area contributed by atoms with Gasteiger partial charge in [-0.15, -0.1) is 53.6 Å². The van der Waals surface area contributed by atoms with Crippen molar-refractivity contribution in [1.29, 1.82) is 0 Å². The fourth-order valence-corrected chi connectivity index (χ4v) is 3.88. The lowest BCUT2D eigenvalue weighted by molar-refractivity contribution is 1.08. The molecule has 0 aliphatic rings. The molecule has 43 heavy (non-hydrogen) atoms. The Balaban J connectivity index is -0.000000149. The third-order valence-electron chi connectivity index (χ3n) is 5.31. The Labute approximate surface area is 275 Å². The molecule has 0 spiro atoms. The van der Waals surface area contributed by atoms with Crippen LogP contribution in [0.3, 0.4) is 0 Å². The smallest absolute Gasteiger partial charge is 0.00693 e. The summed E-state index contributed by atoms with van der Waals surface area (Å²) in [6, 6.07) is 10.7. The van der Waals surface area contributed by atoms with E-state index in [1.165, 1.54) is 49.2 Å². The quantitative estimate of drug-likeness (QED) is 0.0980. The largest absolute Gasteiger partial charge is 0.130 e. The molecule has 1 atom stereocenters. The Bertz CT molecular complexity index is 1120. The number of hydrogen-bond donors (Lipinski definition) is 0. The monoisotopic (exact) mass is 616 g/mol. The van der Waals surface area contributed by atoms with Crippen molar-refractivity contribution < 1.29 is 0 Å². The molecule has 2 rings (SSSR count). The van der Waals surface area contributed by atoms with Gasteiger partial charge in [-0.25, -0.2) is 0 Å². The molecule has 1 unspecified atom stereocenters. The minimum atomic E-state index is 1.10. The molecular weight excluding hydrogens is 555 g/mol. The number of thioether (sulfide) groups is 1. The fraction of sp³-hybridized carbons (Fsp3) is 0.268. The van der Waals surface area contributed by atoms with Crippen molar-refractivity contribution in [2.45, 2.75) is 73.6 Å². The van der Waals surface area contributed by atoms with Gasteiger partial charge in [-0.2, -0.15) is 0 Å². The van der Waals surface area contributed by atoms with E-state index < -0.39 is 0 Å². The number of aryl methyl sites for hydroxylation is 3. The summed E-state index contributed by atoms with van der Waals surface area (Å²) in [7, 11) is 2.76. The Morgan fingerprint density at radius 1 is 0.860 bits per heavy atom. The molecule has 0 bridgehead atoms. The molecule has 0 saturated heterocycles. The van der Waals surface area contributed by atoms with Gasteiger partial charge in [-0.05, 0) is 99.5 Å². The SMILES string of the molecule is C#C.C=C.C=CC.C=C\C=C/C(/C=C\C)=C(\C)CC.C=Cc1c(C)cc(C)c(P)c1C=C.CC.CSc1ccc(C)cc1. The van der Waals surface area contributed by atoms with Gasteiger partial charge < -0.3 is 0 Å². The first kappa shape index (κ1) is 49.4. The standard InChI is InChI=1S/C12H15P.C12H18.C8H10S.C3H6.C2H6.C2H4.C2H2/c1-5-10-8(3)7-9(4)12(13)11(10)6-2;1-5-8-10-12(9-6-2)11(4)7-3;1-7-3-5-8(9-2)6-4-7;1-3-2;3*1-2/h5-7H,1-2,13H2,3-4H3;5-6,8-10H,1,7H2,2-4H3;3-6H,1-2H3;3H,1H2,2H3;1-2H3;1-2H2;1-2H/b;9-6-,10-8-,12-11+;;;;;. The average Bonchev–Trinajstić information content (AvgIpc) is 3.04. The number of terminal acetylenes is 1. The van der Waals surface area contributed by atoms with Crippen LogP contribution in [0.2, 0.25) is 0 Å². The van der Waals surface area contributed by atoms with Crippen LogP contribution in [0.25, 0.3) is 12.2 Å². The summed E-state index contributed by atoms with van der Waals surface area (Å²) in [5.74, 6) is 0. The minimum Gasteiger partial charge on any atom is -0.130 e. The molecule has 0 amide bonds. The molecule has 0 saturated carbocycles. The summed E-state index contributed by atoms with van der Waals surface area (Å²) >= 11 is 1.78. The van der Waals surface area contributed by atoms with E-state index in [4.69, 9.17) is 0 Å². The van der Waals surface area contributed by atoms with Crippen LogP contribution in [-0.4, -0.2) is 6.26 Å². The third kappa shape index (κ3) is 25.0. The zero-order valence-corrected chi connectivity index (χ0v) is 31.1. The first-order valence-electron chi connectivity index (χ1n) is 14.4. The first-order valence-corrected chi connectivity index (χ1v) is 16.2. The van der Waals surface area contributed by atoms with Crippen molar-refractivity contribution in [3.63, 3.8) is 0 Å². The summed E-state index contributed by atoms with van der Waals surface area (Å²) in [6.07, 6.45) is 26.7. The van der Waals surface area contributed by atoms with Crippen molar-refractivity contribution in [3.8, 4) is 12.8 Å². The Kier molecular flexibility index (Phi) is 42.2. The van der Waals surface area contributed by atoms with E-state index >= 15 is 0 Å². The average molecular weight is 617 g/mol. The van der Waals surface area contributed by atoms with Crippen LogP contribution in [0.5, 0.6) is 0 Å². The topological polar surface area (TPSA) is 0 Å². The van der Waals surface area contributed by atoms with Crippen LogP contribution < -0.4 is 5.30 Å². The highest BCUT2D eigenvalue weighted by Crippen LogP contribution is 2.19. The Morgan fingerprint density at radius 2 is 1.33 bits per heavy atom. The maximum Gasteiger partial charge on any atom is 0.00693 e. The summed E-state index contributed by atoms with van der Waals surface area (Å²) in [6.45, 7) is 39.2. The van der Waals surface area contributed by atoms with E-state index in [0.29, 0.717) is 0 Å². The van der Waals surface area contributed by atoms with Crippen LogP contribution in [-0.2, 0) is 0 Å². The molecule has 0 fully saturated rings. The predicted molar refractivity (Wildman–Crippen MR) is 214 cm³/mol. The van der Waals surface area contributed by atoms with Crippen molar-refractivity contribution >= 4 is 38.5 Å². The molecule has 0 nitrogen and oxygen atoms in total. The van der Waals surface area contributed by atoms with Gasteiger partial charge in [0.1, 0.15) is 0 Å². The van der Waals surface area contributed by atoms with E-state index in [1.54, 1.807) is 23.9 Å². The van der Waals surface area contributed by atoms with Gasteiger partial charge in [0, 0.05) is 4.90 Å². The van der Waals surface area contributed by atoms with Crippen molar-refractivity contribution in [1.82, 2.24) is 0 Å². The van der Waals surface area contributed by atoms with Crippen molar-refractivity contribution in [2.75, 3.05) is 6.26 Å². The number of benzene rings is 2. The molecule has 2 heteroatoms. The number of allylic oxidation sites excluding steroid dienone is 8. The van der Waals surface area contributed by atoms with Crippen molar-refractivity contribution in [2.24, 2.45) is 0 Å². The van der Waals surface area contributed by atoms with Crippen LogP contribution in [0.15, 0.2) is 122 Å². The molecule has 236 valence electrons. The van der Waals surface area contributed by atoms with Crippen LogP contribution >= 0.6 is 21.0 Å². The van der Waals surface area contributed by atoms with E-state index in [1.807, 2.05) is 45.9 Å². The highest BCUT2D eigenvalue weighted by Gasteiger charge is 2.05. The minimum absolute atomic E-state index is 1.10. The van der Waals surface area contributed by atoms with E-state index in [2.05, 4.69) is 151 Å². The Morgan fingerprint density at radius 3 is 1.67 bits per heavy atom. The third-order valence-corrected chi connectivity index (χ3v) is 6.82. The molecule has 0 heterocycles. The van der Waals surface area contributed by atoms with Crippen LogP contribution in [0.1, 0.15) is 75.8 Å². The molecule has 0 radical (unpaired) electrons. The van der Waals surface area contributed by atoms with Gasteiger partial charge >= 0.3 is 0 Å². The zero-order valence-electron chi connectivity index (χ0n) is 29.1. The lowest BCUT2D eigenvalue weighted by atomic mass is 9.99. The molecule has 0 N–H and O–H groups in total. The highest BCUT2D eigenvalue weighted by atomic mass is 32.2. The lowest BCUT2D eigenvalue weighted by Gasteiger charge is -2.11. The van der Waals surface area contributed by atoms with Gasteiger partial charge in [0.05, 0.1) is 0 Å². The molecule has 2 aromatic rings. The molecule has 2 aromatic carbocycles. The van der Waals surface area contributed by atoms with E-state index in [9.17, 15) is 0 Å². The number of rotatable bonds is 7. The summed E-state index contributed by atoms with van der Waals surface area (Å²) in [5.41, 5.74) is 8.93. The fourth-order valence-electron chi connectivity index (χ4n) is 3.11. The van der Waals surface area contributed by atoms with Gasteiger partial charge in [0.15, 0.2) is 0 Å². The van der Waals surface area contributed by atoms with E-state index in [-0.39, 0.29) is 0 Å². The van der Waals surface area contributed by atoms with Crippen LogP contribution in [0, 0.1) is 33.6 Å². The molecular formula is C41H61PS. The molecule has 0 aromatic heterocycles. The lowest BCUT2D eigenvalue weighted by Crippen LogP contribution is -2.05. The van der Waals surface area contributed by atoms with E-state index in [0.717, 1.165) is 6.42 Å². The molecule has 0 aliphatic carbocycles. The first-order chi connectivity index (χ1) is 20.6. The maximum absolute atomic E-state index is 4.00. The van der Waals surface area contributed by atoms with Gasteiger partial charge in [0.2, 0.25) is 0 Å². The Hall–Kier alpha value is -3.30. The zero-order chi connectivity index (χ0) is 34.8. The summed E-state index contributed by atoms with van der Waals surface area (Å²) in [4.78, 5) is 1.33. The van der Waals surface area contributed by atoms with Crippen LogP contribution in [0.4, 0.5) is 0 Å². The van der Waals surface area contributed by atoms with Gasteiger partial charge in [-0.1, -0.05) is 118 Å². The van der Waals surface area contributed by atoms with Gasteiger partial charge in [0.25, 0.3) is 0 Å². The maximum atomic E-state index is 4.00. The number of hydrogen-bond acceptors (Lipinski definition) is 1. The van der Waals surface area contributed by atoms with Gasteiger partial charge in [-0.3, -0.25) is 0 Å². The second-order valence-electron chi connectivity index (χ2n) is 8.27. The second kappa shape index (κ2) is 36.7. The molecule has 0 aliphatic heterocycles. The predicted octanol–water partition coefficient (Wildman–Crippen LogP) is 13.1. The summed E-state index contributed by atoms with van der Waals surface area (Å²) in [5, 5.41) is 1.22. The normalized spacial score (nSPS) is 9.42. The van der Waals surface area contributed by atoms with Crippen molar-refractivity contribution in [3.05, 3.63) is 145 Å². The highest BCUT2D eigenvalue weighted by molar-refractivity contribution is 7.98. The second-order valence-corrected chi connectivity index (χ2v) is 9.73. The summed E-state index contributed by atoms with van der Waals surface area (Å²) < 4.78 is 0.